The molecule has 0 N–H and O–H groups in total. The monoisotopic (exact) mass is 316 g/mol. The Hall–Kier alpha value is -1.43. The van der Waals surface area contributed by atoms with Gasteiger partial charge in [-0.3, -0.25) is 14.6 Å². The van der Waals surface area contributed by atoms with Crippen LogP contribution in [-0.4, -0.2) is 91.5 Å². The van der Waals surface area contributed by atoms with Crippen molar-refractivity contribution in [2.45, 2.75) is 6.54 Å². The van der Waals surface area contributed by atoms with Crippen molar-refractivity contribution in [1.82, 2.24) is 19.6 Å². The second-order valence-corrected chi connectivity index (χ2v) is 6.72. The summed E-state index contributed by atoms with van der Waals surface area (Å²) >= 11 is 0. The summed E-state index contributed by atoms with van der Waals surface area (Å²) in [7, 11) is 2.14. The van der Waals surface area contributed by atoms with Crippen molar-refractivity contribution >= 4 is 5.91 Å². The van der Waals surface area contributed by atoms with Crippen LogP contribution in [0.15, 0.2) is 30.3 Å². The zero-order chi connectivity index (χ0) is 16.1. The summed E-state index contributed by atoms with van der Waals surface area (Å²) in [6, 6.07) is 10.6. The van der Waals surface area contributed by atoms with Crippen LogP contribution in [0.2, 0.25) is 0 Å². The maximum atomic E-state index is 12.5. The average Bonchev–Trinajstić information content (AvgIpc) is 2.58. The first-order valence-corrected chi connectivity index (χ1v) is 8.66. The van der Waals surface area contributed by atoms with Gasteiger partial charge in [-0.15, -0.1) is 0 Å². The van der Waals surface area contributed by atoms with Crippen LogP contribution in [0.1, 0.15) is 5.56 Å². The molecule has 2 fully saturated rings. The molecule has 5 heteroatoms. The molecule has 2 aliphatic rings. The van der Waals surface area contributed by atoms with Crippen LogP contribution >= 0.6 is 0 Å². The molecule has 3 rings (SSSR count). The minimum Gasteiger partial charge on any atom is -0.339 e. The van der Waals surface area contributed by atoms with Gasteiger partial charge in [0, 0.05) is 58.9 Å². The Kier molecular flexibility index (Phi) is 5.65. The maximum absolute atomic E-state index is 12.5. The van der Waals surface area contributed by atoms with E-state index in [9.17, 15) is 4.79 Å². The molecule has 2 heterocycles. The molecule has 2 aliphatic heterocycles. The molecule has 1 amide bonds. The van der Waals surface area contributed by atoms with Gasteiger partial charge in [0.05, 0.1) is 6.54 Å². The molecule has 0 spiro atoms. The fourth-order valence-corrected chi connectivity index (χ4v) is 3.29. The SMILES string of the molecule is CN1CCN(CC(=O)N2CCN(Cc3ccccc3)CC2)CC1. The Balaban J connectivity index is 1.40. The van der Waals surface area contributed by atoms with Crippen molar-refractivity contribution < 1.29 is 4.79 Å². The second kappa shape index (κ2) is 7.90. The molecule has 0 aliphatic carbocycles. The molecule has 0 radical (unpaired) electrons. The van der Waals surface area contributed by atoms with Crippen molar-refractivity contribution in [3.63, 3.8) is 0 Å². The summed E-state index contributed by atoms with van der Waals surface area (Å²) in [5.74, 6) is 0.300. The number of hydrogen-bond acceptors (Lipinski definition) is 4. The normalized spacial score (nSPS) is 21.5. The highest BCUT2D eigenvalue weighted by Gasteiger charge is 2.23. The first-order valence-electron chi connectivity index (χ1n) is 8.66. The molecule has 23 heavy (non-hydrogen) atoms. The summed E-state index contributed by atoms with van der Waals surface area (Å²) in [4.78, 5) is 21.6. The number of amides is 1. The van der Waals surface area contributed by atoms with Gasteiger partial charge in [0.1, 0.15) is 0 Å². The van der Waals surface area contributed by atoms with Gasteiger partial charge in [-0.05, 0) is 12.6 Å². The van der Waals surface area contributed by atoms with E-state index in [0.29, 0.717) is 12.5 Å². The third-order valence-corrected chi connectivity index (χ3v) is 4.93. The number of benzene rings is 1. The number of rotatable bonds is 4. The fraction of sp³-hybridized carbons (Fsp3) is 0.611. The zero-order valence-electron chi connectivity index (χ0n) is 14.2. The predicted molar refractivity (Wildman–Crippen MR) is 92.2 cm³/mol. The van der Waals surface area contributed by atoms with Crippen molar-refractivity contribution in [3.05, 3.63) is 35.9 Å². The van der Waals surface area contributed by atoms with Gasteiger partial charge < -0.3 is 9.80 Å². The van der Waals surface area contributed by atoms with Crippen LogP contribution in [0.5, 0.6) is 0 Å². The average molecular weight is 316 g/mol. The van der Waals surface area contributed by atoms with Crippen LogP contribution < -0.4 is 0 Å². The molecule has 0 aromatic heterocycles. The van der Waals surface area contributed by atoms with Gasteiger partial charge in [0.2, 0.25) is 5.91 Å². The van der Waals surface area contributed by atoms with E-state index in [1.165, 1.54) is 5.56 Å². The Morgan fingerprint density at radius 1 is 0.870 bits per heavy atom. The number of nitrogens with zero attached hydrogens (tertiary/aromatic N) is 4. The number of likely N-dealkylation sites (N-methyl/N-ethyl adjacent to an activating group) is 1. The highest BCUT2D eigenvalue weighted by molar-refractivity contribution is 5.78. The van der Waals surface area contributed by atoms with Gasteiger partial charge in [0.15, 0.2) is 0 Å². The molecule has 0 unspecified atom stereocenters. The zero-order valence-corrected chi connectivity index (χ0v) is 14.2. The van der Waals surface area contributed by atoms with Crippen molar-refractivity contribution in [1.29, 1.82) is 0 Å². The van der Waals surface area contributed by atoms with E-state index >= 15 is 0 Å². The Morgan fingerprint density at radius 2 is 1.48 bits per heavy atom. The van der Waals surface area contributed by atoms with E-state index in [1.54, 1.807) is 0 Å². The van der Waals surface area contributed by atoms with E-state index in [2.05, 4.69) is 52.1 Å². The van der Waals surface area contributed by atoms with Crippen LogP contribution in [0, 0.1) is 0 Å². The summed E-state index contributed by atoms with van der Waals surface area (Å²) in [6.45, 7) is 9.40. The Labute approximate surface area is 139 Å². The van der Waals surface area contributed by atoms with Gasteiger partial charge in [0.25, 0.3) is 0 Å². The highest BCUT2D eigenvalue weighted by atomic mass is 16.2. The fourth-order valence-electron chi connectivity index (χ4n) is 3.29. The van der Waals surface area contributed by atoms with Crippen molar-refractivity contribution in [2.75, 3.05) is 66.0 Å². The number of hydrogen-bond donors (Lipinski definition) is 0. The molecule has 2 saturated heterocycles. The lowest BCUT2D eigenvalue weighted by molar-refractivity contribution is -0.134. The molecule has 126 valence electrons. The lowest BCUT2D eigenvalue weighted by Gasteiger charge is -2.37. The molecule has 0 atom stereocenters. The number of piperazine rings is 2. The third kappa shape index (κ3) is 4.77. The van der Waals surface area contributed by atoms with Crippen molar-refractivity contribution in [2.24, 2.45) is 0 Å². The molecule has 0 saturated carbocycles. The van der Waals surface area contributed by atoms with Crippen molar-refractivity contribution in [3.8, 4) is 0 Å². The van der Waals surface area contributed by atoms with Crippen LogP contribution in [0.4, 0.5) is 0 Å². The standard InChI is InChI=1S/C18H28N4O/c1-19-7-9-21(10-8-19)16-18(23)22-13-11-20(12-14-22)15-17-5-3-2-4-6-17/h2-6H,7-16H2,1H3. The summed E-state index contributed by atoms with van der Waals surface area (Å²) in [5.41, 5.74) is 1.35. The van der Waals surface area contributed by atoms with Gasteiger partial charge in [-0.25, -0.2) is 0 Å². The lowest BCUT2D eigenvalue weighted by Crippen LogP contribution is -2.53. The maximum Gasteiger partial charge on any atom is 0.236 e. The first kappa shape index (κ1) is 16.4. The summed E-state index contributed by atoms with van der Waals surface area (Å²) < 4.78 is 0. The van der Waals surface area contributed by atoms with Crippen LogP contribution in [0.3, 0.4) is 0 Å². The Morgan fingerprint density at radius 3 is 2.13 bits per heavy atom. The van der Waals surface area contributed by atoms with Gasteiger partial charge in [-0.1, -0.05) is 30.3 Å². The smallest absolute Gasteiger partial charge is 0.236 e. The number of carbonyl (C=O) groups is 1. The van der Waals surface area contributed by atoms with E-state index in [4.69, 9.17) is 0 Å². The largest absolute Gasteiger partial charge is 0.339 e. The molecule has 1 aromatic carbocycles. The quantitative estimate of drug-likeness (QED) is 0.813. The lowest BCUT2D eigenvalue weighted by atomic mass is 10.2. The predicted octanol–water partition coefficient (Wildman–Crippen LogP) is 0.578. The van der Waals surface area contributed by atoms with Gasteiger partial charge >= 0.3 is 0 Å². The molecular weight excluding hydrogens is 288 g/mol. The molecule has 0 bridgehead atoms. The van der Waals surface area contributed by atoms with E-state index in [0.717, 1.165) is 58.9 Å². The molecular formula is C18H28N4O. The molecule has 1 aromatic rings. The second-order valence-electron chi connectivity index (χ2n) is 6.72. The third-order valence-electron chi connectivity index (χ3n) is 4.93. The van der Waals surface area contributed by atoms with Crippen LogP contribution in [0.25, 0.3) is 0 Å². The topological polar surface area (TPSA) is 30.0 Å². The van der Waals surface area contributed by atoms with Crippen LogP contribution in [-0.2, 0) is 11.3 Å². The Bertz CT molecular complexity index is 491. The minimum atomic E-state index is 0.300. The summed E-state index contributed by atoms with van der Waals surface area (Å²) in [6.07, 6.45) is 0. The van der Waals surface area contributed by atoms with E-state index in [1.807, 2.05) is 4.90 Å². The summed E-state index contributed by atoms with van der Waals surface area (Å²) in [5, 5.41) is 0. The van der Waals surface area contributed by atoms with Gasteiger partial charge in [-0.2, -0.15) is 0 Å². The first-order chi connectivity index (χ1) is 11.2. The van der Waals surface area contributed by atoms with E-state index < -0.39 is 0 Å². The highest BCUT2D eigenvalue weighted by Crippen LogP contribution is 2.09. The number of carbonyl (C=O) groups excluding carboxylic acids is 1. The minimum absolute atomic E-state index is 0.300. The molecule has 5 nitrogen and oxygen atoms in total. The van der Waals surface area contributed by atoms with E-state index in [-0.39, 0.29) is 0 Å².